The van der Waals surface area contributed by atoms with Gasteiger partial charge >= 0.3 is 5.97 Å². The lowest BCUT2D eigenvalue weighted by Crippen LogP contribution is -2.43. The van der Waals surface area contributed by atoms with E-state index in [1.54, 1.807) is 48.5 Å². The lowest BCUT2D eigenvalue weighted by molar-refractivity contribution is -0.123. The van der Waals surface area contributed by atoms with E-state index in [0.29, 0.717) is 41.8 Å². The minimum absolute atomic E-state index is 0.307. The molecule has 2 aromatic carbocycles. The fourth-order valence-corrected chi connectivity index (χ4v) is 2.49. The maximum Gasteiger partial charge on any atom is 0.338 e. The van der Waals surface area contributed by atoms with Crippen molar-refractivity contribution in [3.63, 3.8) is 0 Å². The molecule has 2 rings (SSSR count). The maximum atomic E-state index is 12.3. The van der Waals surface area contributed by atoms with Crippen LogP contribution in [0.2, 0.25) is 0 Å². The van der Waals surface area contributed by atoms with Crippen molar-refractivity contribution in [1.82, 2.24) is 10.9 Å². The van der Waals surface area contributed by atoms with Gasteiger partial charge in [0.2, 0.25) is 0 Å². The maximum absolute atomic E-state index is 12.3. The zero-order valence-electron chi connectivity index (χ0n) is 18.7. The van der Waals surface area contributed by atoms with Crippen molar-refractivity contribution in [3.05, 3.63) is 59.7 Å². The summed E-state index contributed by atoms with van der Waals surface area (Å²) in [5, 5.41) is 0. The number of hydrogen-bond acceptors (Lipinski definition) is 6. The van der Waals surface area contributed by atoms with Crippen LogP contribution in [0.1, 0.15) is 54.3 Å². The summed E-state index contributed by atoms with van der Waals surface area (Å²) < 4.78 is 16.1. The smallest absolute Gasteiger partial charge is 0.338 e. The van der Waals surface area contributed by atoms with Crippen LogP contribution in [0.25, 0.3) is 0 Å². The number of benzene rings is 2. The second-order valence-electron chi connectivity index (χ2n) is 7.51. The van der Waals surface area contributed by atoms with E-state index in [1.165, 1.54) is 0 Å². The lowest BCUT2D eigenvalue weighted by atomic mass is 10.1. The van der Waals surface area contributed by atoms with Crippen LogP contribution in [0.3, 0.4) is 0 Å². The molecule has 0 aliphatic rings. The second kappa shape index (κ2) is 13.0. The molecule has 0 unspecified atom stereocenters. The molecular weight excluding hydrogens is 412 g/mol. The van der Waals surface area contributed by atoms with Gasteiger partial charge in [0.15, 0.2) is 6.61 Å². The van der Waals surface area contributed by atoms with Crippen LogP contribution < -0.4 is 20.3 Å². The molecule has 8 nitrogen and oxygen atoms in total. The number of hydrazine groups is 1. The SMILES string of the molecule is CCCOC(=O)c1ccc(OCC(=O)NNC(=O)c2cccc(OCCC(C)C)c2)cc1. The Hall–Kier alpha value is -3.55. The minimum Gasteiger partial charge on any atom is -0.494 e. The third-order valence-corrected chi connectivity index (χ3v) is 4.27. The molecule has 2 aromatic rings. The van der Waals surface area contributed by atoms with Gasteiger partial charge in [-0.1, -0.05) is 26.8 Å². The molecule has 0 saturated carbocycles. The molecule has 32 heavy (non-hydrogen) atoms. The van der Waals surface area contributed by atoms with Crippen LogP contribution in [-0.2, 0) is 9.53 Å². The summed E-state index contributed by atoms with van der Waals surface area (Å²) in [6, 6.07) is 13.0. The first-order valence-electron chi connectivity index (χ1n) is 10.6. The Labute approximate surface area is 188 Å². The lowest BCUT2D eigenvalue weighted by Gasteiger charge is -2.11. The molecule has 172 valence electrons. The van der Waals surface area contributed by atoms with E-state index in [-0.39, 0.29) is 6.61 Å². The van der Waals surface area contributed by atoms with E-state index in [4.69, 9.17) is 14.2 Å². The summed E-state index contributed by atoms with van der Waals surface area (Å²) in [6.45, 7) is 6.75. The predicted octanol–water partition coefficient (Wildman–Crippen LogP) is 3.52. The van der Waals surface area contributed by atoms with Gasteiger partial charge in [-0.15, -0.1) is 0 Å². The predicted molar refractivity (Wildman–Crippen MR) is 120 cm³/mol. The highest BCUT2D eigenvalue weighted by Gasteiger charge is 2.10. The topological polar surface area (TPSA) is 103 Å². The van der Waals surface area contributed by atoms with E-state index in [0.717, 1.165) is 12.8 Å². The molecule has 8 heteroatoms. The van der Waals surface area contributed by atoms with Gasteiger partial charge in [-0.2, -0.15) is 0 Å². The third-order valence-electron chi connectivity index (χ3n) is 4.27. The van der Waals surface area contributed by atoms with Crippen molar-refractivity contribution in [2.24, 2.45) is 5.92 Å². The Morgan fingerprint density at radius 1 is 0.875 bits per heavy atom. The Balaban J connectivity index is 1.76. The monoisotopic (exact) mass is 442 g/mol. The number of carbonyl (C=O) groups excluding carboxylic acids is 3. The molecule has 0 aromatic heterocycles. The number of rotatable bonds is 11. The zero-order chi connectivity index (χ0) is 23.3. The summed E-state index contributed by atoms with van der Waals surface area (Å²) in [6.07, 6.45) is 1.66. The first kappa shape index (κ1) is 24.7. The number of amides is 2. The van der Waals surface area contributed by atoms with Gasteiger partial charge in [0.05, 0.1) is 18.8 Å². The Morgan fingerprint density at radius 2 is 1.62 bits per heavy atom. The van der Waals surface area contributed by atoms with E-state index in [1.807, 2.05) is 6.92 Å². The van der Waals surface area contributed by atoms with E-state index in [9.17, 15) is 14.4 Å². The molecule has 0 radical (unpaired) electrons. The largest absolute Gasteiger partial charge is 0.494 e. The van der Waals surface area contributed by atoms with Crippen LogP contribution in [0.4, 0.5) is 0 Å². The third kappa shape index (κ3) is 8.67. The highest BCUT2D eigenvalue weighted by molar-refractivity contribution is 5.95. The van der Waals surface area contributed by atoms with Crippen molar-refractivity contribution >= 4 is 17.8 Å². The summed E-state index contributed by atoms with van der Waals surface area (Å²) in [4.78, 5) is 36.0. The minimum atomic E-state index is -0.533. The molecule has 0 atom stereocenters. The molecule has 0 spiro atoms. The number of hydrogen-bond donors (Lipinski definition) is 2. The standard InChI is InChI=1S/C24H30N2O6/c1-4-13-31-24(29)18-8-10-20(11-9-18)32-16-22(27)25-26-23(28)19-6-5-7-21(15-19)30-14-12-17(2)3/h5-11,15,17H,4,12-14,16H2,1-3H3,(H,25,27)(H,26,28). The zero-order valence-corrected chi connectivity index (χ0v) is 18.7. The average molecular weight is 443 g/mol. The Morgan fingerprint density at radius 3 is 2.31 bits per heavy atom. The van der Waals surface area contributed by atoms with Crippen molar-refractivity contribution in [2.45, 2.75) is 33.6 Å². The number of carbonyl (C=O) groups is 3. The summed E-state index contributed by atoms with van der Waals surface area (Å²) in [7, 11) is 0. The summed E-state index contributed by atoms with van der Waals surface area (Å²) in [5.41, 5.74) is 5.41. The molecule has 0 aliphatic heterocycles. The fraction of sp³-hybridized carbons (Fsp3) is 0.375. The van der Waals surface area contributed by atoms with Gasteiger partial charge in [-0.3, -0.25) is 20.4 Å². The summed E-state index contributed by atoms with van der Waals surface area (Å²) >= 11 is 0. The van der Waals surface area contributed by atoms with Gasteiger partial charge < -0.3 is 14.2 Å². The van der Waals surface area contributed by atoms with Crippen molar-refractivity contribution in [3.8, 4) is 11.5 Å². The molecule has 2 amide bonds. The van der Waals surface area contributed by atoms with Gasteiger partial charge in [0.25, 0.3) is 11.8 Å². The average Bonchev–Trinajstić information content (AvgIpc) is 2.80. The highest BCUT2D eigenvalue weighted by atomic mass is 16.5. The molecule has 0 aliphatic carbocycles. The van der Waals surface area contributed by atoms with E-state index in [2.05, 4.69) is 24.7 Å². The van der Waals surface area contributed by atoms with Crippen LogP contribution in [0.15, 0.2) is 48.5 Å². The van der Waals surface area contributed by atoms with Crippen molar-refractivity contribution in [1.29, 1.82) is 0 Å². The fourth-order valence-electron chi connectivity index (χ4n) is 2.49. The highest BCUT2D eigenvalue weighted by Crippen LogP contribution is 2.15. The van der Waals surface area contributed by atoms with Gasteiger partial charge in [0.1, 0.15) is 11.5 Å². The number of esters is 1. The van der Waals surface area contributed by atoms with Crippen LogP contribution in [0, 0.1) is 5.92 Å². The van der Waals surface area contributed by atoms with Crippen molar-refractivity contribution in [2.75, 3.05) is 19.8 Å². The van der Waals surface area contributed by atoms with Crippen LogP contribution in [0.5, 0.6) is 11.5 Å². The molecule has 0 heterocycles. The van der Waals surface area contributed by atoms with Gasteiger partial charge in [-0.05, 0) is 61.2 Å². The summed E-state index contributed by atoms with van der Waals surface area (Å²) in [5.74, 6) is 0.115. The number of nitrogens with one attached hydrogen (secondary N) is 2. The first-order valence-corrected chi connectivity index (χ1v) is 10.6. The van der Waals surface area contributed by atoms with E-state index < -0.39 is 17.8 Å². The second-order valence-corrected chi connectivity index (χ2v) is 7.51. The Bertz CT molecular complexity index is 896. The molecule has 0 fully saturated rings. The molecule has 0 bridgehead atoms. The molecular formula is C24H30N2O6. The number of ether oxygens (including phenoxy) is 3. The van der Waals surface area contributed by atoms with Gasteiger partial charge in [-0.25, -0.2) is 4.79 Å². The Kier molecular flexibility index (Phi) is 10.0. The van der Waals surface area contributed by atoms with Crippen LogP contribution >= 0.6 is 0 Å². The normalized spacial score (nSPS) is 10.4. The van der Waals surface area contributed by atoms with Crippen molar-refractivity contribution < 1.29 is 28.6 Å². The van der Waals surface area contributed by atoms with Gasteiger partial charge in [0, 0.05) is 5.56 Å². The quantitative estimate of drug-likeness (QED) is 0.408. The van der Waals surface area contributed by atoms with E-state index >= 15 is 0 Å². The molecule has 2 N–H and O–H groups in total. The molecule has 0 saturated heterocycles. The van der Waals surface area contributed by atoms with Crippen LogP contribution in [-0.4, -0.2) is 37.6 Å². The first-order chi connectivity index (χ1) is 15.4.